The molecule has 2 heterocycles. The van der Waals surface area contributed by atoms with E-state index in [-0.39, 0.29) is 6.42 Å². The van der Waals surface area contributed by atoms with Crippen LogP contribution < -0.4 is 0 Å². The van der Waals surface area contributed by atoms with Crippen LogP contribution in [0.25, 0.3) is 5.65 Å². The summed E-state index contributed by atoms with van der Waals surface area (Å²) in [5.74, 6) is -1.15. The Morgan fingerprint density at radius 2 is 2.04 bits per heavy atom. The van der Waals surface area contributed by atoms with Gasteiger partial charge in [-0.15, -0.1) is 10.2 Å². The van der Waals surface area contributed by atoms with E-state index in [0.717, 1.165) is 0 Å². The second kappa shape index (κ2) is 6.91. The molecule has 0 radical (unpaired) electrons. The Kier molecular flexibility index (Phi) is 4.51. The van der Waals surface area contributed by atoms with Gasteiger partial charge in [-0.1, -0.05) is 12.1 Å². The zero-order valence-corrected chi connectivity index (χ0v) is 13.3. The summed E-state index contributed by atoms with van der Waals surface area (Å²) in [5, 5.41) is 17.3. The molecule has 1 N–H and O–H groups in total. The fourth-order valence-electron chi connectivity index (χ4n) is 2.32. The Balaban J connectivity index is 2.00. The number of carbonyl (C=O) groups is 2. The Hall–Kier alpha value is -3.55. The standard InChI is InChI=1S/C17H14N4O4/c1-25-17(24)11-5-4-6-12(9-11)19-20-16-13(10-15(22)23)18-14-7-2-3-8-21(14)16/h2-9H,10H2,1H3,(H,22,23). The molecule has 0 saturated heterocycles. The van der Waals surface area contributed by atoms with Crippen LogP contribution >= 0.6 is 0 Å². The number of carboxylic acids is 1. The van der Waals surface area contributed by atoms with E-state index in [9.17, 15) is 9.59 Å². The maximum absolute atomic E-state index is 11.6. The van der Waals surface area contributed by atoms with E-state index in [2.05, 4.69) is 19.9 Å². The average molecular weight is 338 g/mol. The van der Waals surface area contributed by atoms with E-state index < -0.39 is 11.9 Å². The Morgan fingerprint density at radius 3 is 2.80 bits per heavy atom. The number of azo groups is 1. The van der Waals surface area contributed by atoms with E-state index in [1.165, 1.54) is 13.2 Å². The zero-order chi connectivity index (χ0) is 17.8. The van der Waals surface area contributed by atoms with Gasteiger partial charge in [-0.25, -0.2) is 9.78 Å². The number of esters is 1. The van der Waals surface area contributed by atoms with Crippen LogP contribution in [0.1, 0.15) is 16.1 Å². The Morgan fingerprint density at radius 1 is 1.20 bits per heavy atom. The molecule has 3 rings (SSSR count). The number of rotatable bonds is 5. The Bertz CT molecular complexity index is 978. The SMILES string of the molecule is COC(=O)c1cccc(N=Nc2c(CC(=O)O)nc3ccccn23)c1. The molecule has 8 heteroatoms. The number of benzene rings is 1. The molecule has 0 fully saturated rings. The first-order valence-electron chi connectivity index (χ1n) is 7.36. The summed E-state index contributed by atoms with van der Waals surface area (Å²) in [7, 11) is 1.30. The third kappa shape index (κ3) is 3.52. The quantitative estimate of drug-likeness (QED) is 0.568. The number of carboxylic acid groups (broad SMARTS) is 1. The molecule has 0 saturated carbocycles. The molecule has 0 atom stereocenters. The molecule has 126 valence electrons. The van der Waals surface area contributed by atoms with Crippen LogP contribution in [0, 0.1) is 0 Å². The summed E-state index contributed by atoms with van der Waals surface area (Å²) < 4.78 is 6.33. The predicted octanol–water partition coefficient (Wildman–Crippen LogP) is 3.16. The topological polar surface area (TPSA) is 106 Å². The lowest BCUT2D eigenvalue weighted by molar-refractivity contribution is -0.136. The van der Waals surface area contributed by atoms with Crippen molar-refractivity contribution in [3.63, 3.8) is 0 Å². The lowest BCUT2D eigenvalue weighted by atomic mass is 10.2. The van der Waals surface area contributed by atoms with Crippen LogP contribution in [0.3, 0.4) is 0 Å². The van der Waals surface area contributed by atoms with Gasteiger partial charge in [0.25, 0.3) is 0 Å². The van der Waals surface area contributed by atoms with Crippen LogP contribution in [0.15, 0.2) is 58.9 Å². The first-order chi connectivity index (χ1) is 12.1. The summed E-state index contributed by atoms with van der Waals surface area (Å²) in [6.45, 7) is 0. The fourth-order valence-corrected chi connectivity index (χ4v) is 2.32. The van der Waals surface area contributed by atoms with E-state index in [4.69, 9.17) is 5.11 Å². The van der Waals surface area contributed by atoms with Gasteiger partial charge in [0, 0.05) is 6.20 Å². The first-order valence-corrected chi connectivity index (χ1v) is 7.36. The molecule has 25 heavy (non-hydrogen) atoms. The third-order valence-corrected chi connectivity index (χ3v) is 3.42. The second-order valence-electron chi connectivity index (χ2n) is 5.12. The van der Waals surface area contributed by atoms with Gasteiger partial charge in [-0.3, -0.25) is 9.20 Å². The summed E-state index contributed by atoms with van der Waals surface area (Å²) in [6, 6.07) is 11.8. The van der Waals surface area contributed by atoms with Crippen LogP contribution in [0.5, 0.6) is 0 Å². The molecular weight excluding hydrogens is 324 g/mol. The van der Waals surface area contributed by atoms with Crippen molar-refractivity contribution in [2.75, 3.05) is 7.11 Å². The van der Waals surface area contributed by atoms with Crippen molar-refractivity contribution in [3.8, 4) is 0 Å². The monoisotopic (exact) mass is 338 g/mol. The summed E-state index contributed by atoms with van der Waals surface area (Å²) >= 11 is 0. The average Bonchev–Trinajstić information content (AvgIpc) is 2.95. The molecule has 0 amide bonds. The number of methoxy groups -OCH3 is 1. The van der Waals surface area contributed by atoms with Gasteiger partial charge >= 0.3 is 11.9 Å². The van der Waals surface area contributed by atoms with E-state index in [1.807, 2.05) is 0 Å². The number of ether oxygens (including phenoxy) is 1. The van der Waals surface area contributed by atoms with Crippen molar-refractivity contribution in [1.82, 2.24) is 9.38 Å². The highest BCUT2D eigenvalue weighted by Gasteiger charge is 2.14. The molecular formula is C17H14N4O4. The smallest absolute Gasteiger partial charge is 0.337 e. The van der Waals surface area contributed by atoms with Crippen molar-refractivity contribution >= 4 is 29.1 Å². The number of imidazole rings is 1. The van der Waals surface area contributed by atoms with Gasteiger partial charge in [0.05, 0.1) is 30.5 Å². The second-order valence-corrected chi connectivity index (χ2v) is 5.12. The Labute approximate surface area is 142 Å². The van der Waals surface area contributed by atoms with E-state index in [0.29, 0.717) is 28.4 Å². The lowest BCUT2D eigenvalue weighted by Gasteiger charge is -2.00. The van der Waals surface area contributed by atoms with Crippen LogP contribution in [-0.2, 0) is 16.0 Å². The molecule has 0 spiro atoms. The van der Waals surface area contributed by atoms with Crippen molar-refractivity contribution in [2.45, 2.75) is 6.42 Å². The zero-order valence-electron chi connectivity index (χ0n) is 13.3. The molecule has 3 aromatic rings. The van der Waals surface area contributed by atoms with Crippen molar-refractivity contribution in [3.05, 3.63) is 59.9 Å². The molecule has 1 aromatic carbocycles. The number of nitrogens with zero attached hydrogens (tertiary/aromatic N) is 4. The van der Waals surface area contributed by atoms with Crippen molar-refractivity contribution in [1.29, 1.82) is 0 Å². The molecule has 0 aliphatic rings. The number of fused-ring (bicyclic) bond motifs is 1. The molecule has 2 aromatic heterocycles. The highest BCUT2D eigenvalue weighted by Crippen LogP contribution is 2.25. The summed E-state index contributed by atoms with van der Waals surface area (Å²) in [4.78, 5) is 26.9. The molecule has 0 aliphatic heterocycles. The highest BCUT2D eigenvalue weighted by molar-refractivity contribution is 5.90. The van der Waals surface area contributed by atoms with Crippen molar-refractivity contribution in [2.24, 2.45) is 10.2 Å². The molecule has 0 aliphatic carbocycles. The van der Waals surface area contributed by atoms with Gasteiger partial charge in [-0.05, 0) is 30.3 Å². The molecule has 8 nitrogen and oxygen atoms in total. The molecule has 0 bridgehead atoms. The van der Waals surface area contributed by atoms with E-state index in [1.54, 1.807) is 47.0 Å². The number of carbonyl (C=O) groups excluding carboxylic acids is 1. The van der Waals surface area contributed by atoms with Crippen LogP contribution in [0.2, 0.25) is 0 Å². The largest absolute Gasteiger partial charge is 0.481 e. The minimum absolute atomic E-state index is 0.266. The first kappa shape index (κ1) is 16.3. The third-order valence-electron chi connectivity index (χ3n) is 3.42. The highest BCUT2D eigenvalue weighted by atomic mass is 16.5. The number of pyridine rings is 1. The van der Waals surface area contributed by atoms with Crippen molar-refractivity contribution < 1.29 is 19.4 Å². The minimum Gasteiger partial charge on any atom is -0.481 e. The molecule has 0 unspecified atom stereocenters. The maximum atomic E-state index is 11.6. The fraction of sp³-hybridized carbons (Fsp3) is 0.118. The van der Waals surface area contributed by atoms with E-state index >= 15 is 0 Å². The van der Waals surface area contributed by atoms with Gasteiger partial charge < -0.3 is 9.84 Å². The van der Waals surface area contributed by atoms with Gasteiger partial charge in [0.1, 0.15) is 5.65 Å². The lowest BCUT2D eigenvalue weighted by Crippen LogP contribution is -2.00. The predicted molar refractivity (Wildman–Crippen MR) is 88.5 cm³/mol. The number of hydrogen-bond acceptors (Lipinski definition) is 6. The number of aliphatic carboxylic acids is 1. The summed E-state index contributed by atoms with van der Waals surface area (Å²) in [6.07, 6.45) is 1.46. The van der Waals surface area contributed by atoms with Gasteiger partial charge in [0.2, 0.25) is 0 Å². The minimum atomic E-state index is -1.01. The summed E-state index contributed by atoms with van der Waals surface area (Å²) in [5.41, 5.74) is 1.68. The van der Waals surface area contributed by atoms with Crippen LogP contribution in [-0.4, -0.2) is 33.5 Å². The normalized spacial score (nSPS) is 11.1. The number of hydrogen-bond donors (Lipinski definition) is 1. The van der Waals surface area contributed by atoms with Gasteiger partial charge in [0.15, 0.2) is 5.82 Å². The number of aromatic nitrogens is 2. The maximum Gasteiger partial charge on any atom is 0.337 e. The van der Waals surface area contributed by atoms with Gasteiger partial charge in [-0.2, -0.15) is 0 Å². The van der Waals surface area contributed by atoms with Crippen LogP contribution in [0.4, 0.5) is 11.5 Å².